The van der Waals surface area contributed by atoms with Gasteiger partial charge in [-0.05, 0) is 52.3 Å². The standard InChI is InChI=1S/C22H18/c1-16(17-8-3-2-4-9-17)14-18-11-7-13-21-20-12-6-5-10-19(20)15-22(18)21/h2-14H,15H2,1H3. The highest BCUT2D eigenvalue weighted by Gasteiger charge is 2.19. The van der Waals surface area contributed by atoms with E-state index in [9.17, 15) is 0 Å². The van der Waals surface area contributed by atoms with E-state index >= 15 is 0 Å². The Labute approximate surface area is 131 Å². The molecular formula is C22H18. The van der Waals surface area contributed by atoms with Crippen molar-refractivity contribution >= 4 is 11.6 Å². The normalized spacial score (nSPS) is 12.9. The highest BCUT2D eigenvalue weighted by Crippen LogP contribution is 2.38. The topological polar surface area (TPSA) is 0 Å². The minimum absolute atomic E-state index is 1.04. The van der Waals surface area contributed by atoms with E-state index in [1.807, 2.05) is 0 Å². The fourth-order valence-corrected chi connectivity index (χ4v) is 3.33. The van der Waals surface area contributed by atoms with Crippen LogP contribution in [0.1, 0.15) is 29.2 Å². The highest BCUT2D eigenvalue weighted by atomic mass is 14.2. The molecule has 1 aliphatic carbocycles. The maximum absolute atomic E-state index is 2.32. The molecule has 0 aromatic heterocycles. The molecule has 0 heterocycles. The number of benzene rings is 3. The van der Waals surface area contributed by atoms with Gasteiger partial charge in [-0.3, -0.25) is 0 Å². The Kier molecular flexibility index (Phi) is 3.16. The van der Waals surface area contributed by atoms with Crippen LogP contribution in [0.15, 0.2) is 72.8 Å². The van der Waals surface area contributed by atoms with Crippen molar-refractivity contribution in [1.82, 2.24) is 0 Å². The van der Waals surface area contributed by atoms with Crippen LogP contribution in [0.2, 0.25) is 0 Å². The third-order valence-corrected chi connectivity index (χ3v) is 4.49. The summed E-state index contributed by atoms with van der Waals surface area (Å²) in [6.07, 6.45) is 3.36. The minimum Gasteiger partial charge on any atom is -0.0622 e. The van der Waals surface area contributed by atoms with Crippen LogP contribution in [0.25, 0.3) is 22.8 Å². The van der Waals surface area contributed by atoms with Crippen molar-refractivity contribution in [2.75, 3.05) is 0 Å². The molecule has 0 bridgehead atoms. The maximum atomic E-state index is 2.32. The van der Waals surface area contributed by atoms with Crippen molar-refractivity contribution in [3.8, 4) is 11.1 Å². The molecule has 1 aliphatic rings. The van der Waals surface area contributed by atoms with Crippen LogP contribution in [-0.4, -0.2) is 0 Å². The SMILES string of the molecule is CC(=Cc1cccc2c1Cc1ccccc1-2)c1ccccc1. The molecule has 3 aromatic rings. The lowest BCUT2D eigenvalue weighted by atomic mass is 9.98. The average molecular weight is 282 g/mol. The van der Waals surface area contributed by atoms with E-state index in [-0.39, 0.29) is 0 Å². The fourth-order valence-electron chi connectivity index (χ4n) is 3.33. The van der Waals surface area contributed by atoms with E-state index in [1.54, 1.807) is 0 Å². The smallest absolute Gasteiger partial charge is 0.000750 e. The quantitative estimate of drug-likeness (QED) is 0.406. The molecule has 0 aliphatic heterocycles. The molecule has 4 rings (SSSR count). The molecule has 3 aromatic carbocycles. The number of hydrogen-bond donors (Lipinski definition) is 0. The molecule has 0 radical (unpaired) electrons. The zero-order valence-corrected chi connectivity index (χ0v) is 12.7. The summed E-state index contributed by atoms with van der Waals surface area (Å²) in [5.41, 5.74) is 9.63. The maximum Gasteiger partial charge on any atom is -0.000750 e. The molecule has 0 nitrogen and oxygen atoms in total. The summed E-state index contributed by atoms with van der Waals surface area (Å²) in [4.78, 5) is 0. The largest absolute Gasteiger partial charge is 0.0622 e. The second-order valence-corrected chi connectivity index (χ2v) is 5.90. The van der Waals surface area contributed by atoms with Gasteiger partial charge in [0.05, 0.1) is 0 Å². The van der Waals surface area contributed by atoms with Crippen molar-refractivity contribution in [2.24, 2.45) is 0 Å². The summed E-state index contributed by atoms with van der Waals surface area (Å²) in [5.74, 6) is 0. The molecule has 106 valence electrons. The average Bonchev–Trinajstić information content (AvgIpc) is 2.95. The van der Waals surface area contributed by atoms with Gasteiger partial charge >= 0.3 is 0 Å². The zero-order chi connectivity index (χ0) is 14.9. The third-order valence-electron chi connectivity index (χ3n) is 4.49. The molecular weight excluding hydrogens is 264 g/mol. The number of fused-ring (bicyclic) bond motifs is 3. The first kappa shape index (κ1) is 13.1. The van der Waals surface area contributed by atoms with Gasteiger partial charge in [-0.1, -0.05) is 78.9 Å². The first-order valence-electron chi connectivity index (χ1n) is 7.77. The first-order chi connectivity index (χ1) is 10.8. The molecule has 0 fully saturated rings. The molecule has 0 N–H and O–H groups in total. The van der Waals surface area contributed by atoms with Crippen LogP contribution in [-0.2, 0) is 6.42 Å². The van der Waals surface area contributed by atoms with E-state index in [2.05, 4.69) is 85.8 Å². The van der Waals surface area contributed by atoms with Crippen molar-refractivity contribution in [3.05, 3.63) is 95.1 Å². The molecule has 0 saturated carbocycles. The van der Waals surface area contributed by atoms with E-state index < -0.39 is 0 Å². The summed E-state index contributed by atoms with van der Waals surface area (Å²) in [6, 6.07) is 26.0. The Morgan fingerprint density at radius 2 is 1.50 bits per heavy atom. The van der Waals surface area contributed by atoms with Crippen LogP contribution in [0.4, 0.5) is 0 Å². The van der Waals surface area contributed by atoms with Crippen molar-refractivity contribution in [1.29, 1.82) is 0 Å². The van der Waals surface area contributed by atoms with Crippen molar-refractivity contribution in [3.63, 3.8) is 0 Å². The van der Waals surface area contributed by atoms with E-state index in [4.69, 9.17) is 0 Å². The molecule has 0 atom stereocenters. The van der Waals surface area contributed by atoms with Gasteiger partial charge < -0.3 is 0 Å². The van der Waals surface area contributed by atoms with Gasteiger partial charge in [-0.2, -0.15) is 0 Å². The third kappa shape index (κ3) is 2.17. The van der Waals surface area contributed by atoms with Gasteiger partial charge in [-0.25, -0.2) is 0 Å². The van der Waals surface area contributed by atoms with Gasteiger partial charge in [0.15, 0.2) is 0 Å². The van der Waals surface area contributed by atoms with Gasteiger partial charge in [0.2, 0.25) is 0 Å². The Morgan fingerprint density at radius 1 is 0.773 bits per heavy atom. The van der Waals surface area contributed by atoms with Gasteiger partial charge in [0.1, 0.15) is 0 Å². The monoisotopic (exact) mass is 282 g/mol. The zero-order valence-electron chi connectivity index (χ0n) is 12.7. The van der Waals surface area contributed by atoms with E-state index in [0.717, 1.165) is 6.42 Å². The van der Waals surface area contributed by atoms with Crippen LogP contribution in [0.5, 0.6) is 0 Å². The number of hydrogen-bond acceptors (Lipinski definition) is 0. The Bertz CT molecular complexity index is 854. The van der Waals surface area contributed by atoms with Gasteiger partial charge in [-0.15, -0.1) is 0 Å². The number of rotatable bonds is 2. The summed E-state index contributed by atoms with van der Waals surface area (Å²) in [6.45, 7) is 2.19. The molecule has 22 heavy (non-hydrogen) atoms. The van der Waals surface area contributed by atoms with E-state index in [1.165, 1.54) is 39.0 Å². The fraction of sp³-hybridized carbons (Fsp3) is 0.0909. The molecule has 0 unspecified atom stereocenters. The van der Waals surface area contributed by atoms with Gasteiger partial charge in [0, 0.05) is 0 Å². The molecule has 0 saturated heterocycles. The summed E-state index contributed by atoms with van der Waals surface area (Å²) < 4.78 is 0. The molecule has 0 heteroatoms. The first-order valence-corrected chi connectivity index (χ1v) is 7.77. The second-order valence-electron chi connectivity index (χ2n) is 5.90. The highest BCUT2D eigenvalue weighted by molar-refractivity contribution is 5.86. The summed E-state index contributed by atoms with van der Waals surface area (Å²) in [7, 11) is 0. The Morgan fingerprint density at radius 3 is 2.36 bits per heavy atom. The lowest BCUT2D eigenvalue weighted by Crippen LogP contribution is -1.87. The summed E-state index contributed by atoms with van der Waals surface area (Å²) >= 11 is 0. The van der Waals surface area contributed by atoms with Gasteiger partial charge in [0.25, 0.3) is 0 Å². The Hall–Kier alpha value is -2.60. The second kappa shape index (κ2) is 5.31. The lowest BCUT2D eigenvalue weighted by molar-refractivity contribution is 1.25. The predicted octanol–water partition coefficient (Wildman–Crippen LogP) is 5.82. The van der Waals surface area contributed by atoms with Crippen molar-refractivity contribution < 1.29 is 0 Å². The van der Waals surface area contributed by atoms with Crippen LogP contribution in [0.3, 0.4) is 0 Å². The summed E-state index contributed by atoms with van der Waals surface area (Å²) in [5, 5.41) is 0. The Balaban J connectivity index is 1.80. The van der Waals surface area contributed by atoms with Crippen molar-refractivity contribution in [2.45, 2.75) is 13.3 Å². The molecule has 0 amide bonds. The predicted molar refractivity (Wildman–Crippen MR) is 94.7 cm³/mol. The lowest BCUT2D eigenvalue weighted by Gasteiger charge is -2.07. The number of allylic oxidation sites excluding steroid dienone is 1. The van der Waals surface area contributed by atoms with Crippen LogP contribution < -0.4 is 0 Å². The van der Waals surface area contributed by atoms with E-state index in [0.29, 0.717) is 0 Å². The minimum atomic E-state index is 1.04. The van der Waals surface area contributed by atoms with Crippen LogP contribution >= 0.6 is 0 Å². The molecule has 0 spiro atoms. The van der Waals surface area contributed by atoms with Crippen LogP contribution in [0, 0.1) is 0 Å².